The van der Waals surface area contributed by atoms with Crippen molar-refractivity contribution in [2.75, 3.05) is 32.1 Å². The third-order valence-corrected chi connectivity index (χ3v) is 3.97. The summed E-state index contributed by atoms with van der Waals surface area (Å²) in [5.41, 5.74) is 6.81. The zero-order chi connectivity index (χ0) is 20.5. The number of rotatable bonds is 11. The molecule has 0 fully saturated rings. The molecule has 0 aliphatic rings. The molecule has 0 heterocycles. The van der Waals surface area contributed by atoms with Gasteiger partial charge in [0.05, 0.1) is 17.1 Å². The summed E-state index contributed by atoms with van der Waals surface area (Å²) < 4.78 is 10.5. The van der Waals surface area contributed by atoms with Crippen LogP contribution in [-0.2, 0) is 11.3 Å². The van der Waals surface area contributed by atoms with Crippen molar-refractivity contribution in [1.29, 1.82) is 0 Å². The molecular weight excluding hydrogens is 388 g/mol. The van der Waals surface area contributed by atoms with Gasteiger partial charge in [0.2, 0.25) is 0 Å². The van der Waals surface area contributed by atoms with Crippen LogP contribution in [0.1, 0.15) is 5.56 Å². The Morgan fingerprint density at radius 3 is 2.57 bits per heavy atom. The van der Waals surface area contributed by atoms with Crippen LogP contribution >= 0.6 is 11.6 Å². The second-order valence-corrected chi connectivity index (χ2v) is 6.18. The Morgan fingerprint density at radius 2 is 1.96 bits per heavy atom. The lowest BCUT2D eigenvalue weighted by atomic mass is 10.2. The molecule has 0 bridgehead atoms. The molecule has 0 aliphatic carbocycles. The highest BCUT2D eigenvalue weighted by Gasteiger charge is 2.13. The molecule has 9 nitrogen and oxygen atoms in total. The van der Waals surface area contributed by atoms with Gasteiger partial charge in [-0.05, 0) is 29.8 Å². The smallest absolute Gasteiger partial charge is 0.269 e. The van der Waals surface area contributed by atoms with Gasteiger partial charge >= 0.3 is 0 Å². The Balaban J connectivity index is 1.83. The van der Waals surface area contributed by atoms with Gasteiger partial charge in [0.25, 0.3) is 11.6 Å². The average molecular weight is 409 g/mol. The van der Waals surface area contributed by atoms with Gasteiger partial charge in [-0.15, -0.1) is 0 Å². The fourth-order valence-corrected chi connectivity index (χ4v) is 2.68. The number of nitro groups is 1. The summed E-state index contributed by atoms with van der Waals surface area (Å²) in [6, 6.07) is 9.70. The molecular formula is C18H21ClN4O5. The summed E-state index contributed by atoms with van der Waals surface area (Å²) >= 11 is 6.21. The van der Waals surface area contributed by atoms with Crippen molar-refractivity contribution in [3.05, 3.63) is 57.1 Å². The number of nitrogens with two attached hydrogens (primary N) is 1. The molecule has 2 rings (SSSR count). The van der Waals surface area contributed by atoms with Crippen LogP contribution in [0.5, 0.6) is 11.5 Å². The number of hydrogen-bond donors (Lipinski definition) is 3. The first-order valence-corrected chi connectivity index (χ1v) is 8.75. The first kappa shape index (κ1) is 21.3. The molecule has 150 valence electrons. The SMILES string of the molecule is COc1cc(CNCCNc2ccc([N+](=O)[O-])cc2)cc(Cl)c1OCC(N)=O. The van der Waals surface area contributed by atoms with Gasteiger partial charge < -0.3 is 25.8 Å². The van der Waals surface area contributed by atoms with E-state index in [4.69, 9.17) is 26.8 Å². The van der Waals surface area contributed by atoms with Crippen LogP contribution in [0, 0.1) is 10.1 Å². The summed E-state index contributed by atoms with van der Waals surface area (Å²) in [7, 11) is 1.48. The lowest BCUT2D eigenvalue weighted by molar-refractivity contribution is -0.384. The van der Waals surface area contributed by atoms with Crippen LogP contribution < -0.4 is 25.8 Å². The fourth-order valence-electron chi connectivity index (χ4n) is 2.39. The predicted octanol–water partition coefficient (Wildman–Crippen LogP) is 2.32. The number of nitro benzene ring substituents is 1. The Labute approximate surface area is 166 Å². The molecule has 0 aromatic heterocycles. The molecule has 2 aromatic carbocycles. The lowest BCUT2D eigenvalue weighted by Gasteiger charge is -2.14. The number of anilines is 1. The van der Waals surface area contributed by atoms with E-state index in [0.717, 1.165) is 11.3 Å². The molecule has 0 saturated heterocycles. The second-order valence-electron chi connectivity index (χ2n) is 5.77. The van der Waals surface area contributed by atoms with Crippen LogP contribution in [0.25, 0.3) is 0 Å². The number of halogens is 1. The number of non-ortho nitro benzene ring substituents is 1. The van der Waals surface area contributed by atoms with E-state index in [1.165, 1.54) is 19.2 Å². The Bertz CT molecular complexity index is 829. The van der Waals surface area contributed by atoms with Crippen LogP contribution in [-0.4, -0.2) is 37.6 Å². The van der Waals surface area contributed by atoms with E-state index in [2.05, 4.69) is 10.6 Å². The van der Waals surface area contributed by atoms with Gasteiger partial charge in [-0.1, -0.05) is 11.6 Å². The van der Waals surface area contributed by atoms with Crippen molar-refractivity contribution in [1.82, 2.24) is 5.32 Å². The van der Waals surface area contributed by atoms with E-state index in [1.807, 2.05) is 0 Å². The molecule has 0 unspecified atom stereocenters. The maximum atomic E-state index is 10.9. The van der Waals surface area contributed by atoms with Crippen LogP contribution in [0.15, 0.2) is 36.4 Å². The normalized spacial score (nSPS) is 10.4. The van der Waals surface area contributed by atoms with Crippen LogP contribution in [0.3, 0.4) is 0 Å². The van der Waals surface area contributed by atoms with Gasteiger partial charge in [0.1, 0.15) is 0 Å². The van der Waals surface area contributed by atoms with E-state index in [1.54, 1.807) is 24.3 Å². The zero-order valence-corrected chi connectivity index (χ0v) is 16.0. The van der Waals surface area contributed by atoms with E-state index in [9.17, 15) is 14.9 Å². The van der Waals surface area contributed by atoms with Crippen molar-refractivity contribution in [2.45, 2.75) is 6.54 Å². The highest BCUT2D eigenvalue weighted by molar-refractivity contribution is 6.32. The van der Waals surface area contributed by atoms with Crippen molar-refractivity contribution in [2.24, 2.45) is 5.73 Å². The number of carbonyl (C=O) groups is 1. The molecule has 28 heavy (non-hydrogen) atoms. The van der Waals surface area contributed by atoms with Crippen molar-refractivity contribution < 1.29 is 19.2 Å². The van der Waals surface area contributed by atoms with Gasteiger partial charge in [0, 0.05) is 37.5 Å². The van der Waals surface area contributed by atoms with E-state index in [0.29, 0.717) is 30.4 Å². The molecule has 0 spiro atoms. The quantitative estimate of drug-likeness (QED) is 0.295. The molecule has 0 radical (unpaired) electrons. The molecule has 10 heteroatoms. The summed E-state index contributed by atoms with van der Waals surface area (Å²) in [4.78, 5) is 21.1. The monoisotopic (exact) mass is 408 g/mol. The molecule has 2 aromatic rings. The lowest BCUT2D eigenvalue weighted by Crippen LogP contribution is -2.22. The third kappa shape index (κ3) is 6.29. The Kier molecular flexibility index (Phi) is 7.85. The number of amides is 1. The van der Waals surface area contributed by atoms with E-state index < -0.39 is 10.8 Å². The highest BCUT2D eigenvalue weighted by atomic mass is 35.5. The third-order valence-electron chi connectivity index (χ3n) is 3.69. The van der Waals surface area contributed by atoms with E-state index >= 15 is 0 Å². The molecule has 0 saturated carbocycles. The van der Waals surface area contributed by atoms with Gasteiger partial charge in [-0.2, -0.15) is 0 Å². The Hall–Kier alpha value is -3.04. The minimum atomic E-state index is -0.607. The number of nitrogens with one attached hydrogen (secondary N) is 2. The topological polar surface area (TPSA) is 129 Å². The molecule has 0 aliphatic heterocycles. The maximum absolute atomic E-state index is 10.9. The average Bonchev–Trinajstić information content (AvgIpc) is 2.66. The molecule has 4 N–H and O–H groups in total. The van der Waals surface area contributed by atoms with E-state index in [-0.39, 0.29) is 18.0 Å². The second kappa shape index (κ2) is 10.3. The number of carbonyl (C=O) groups excluding carboxylic acids is 1. The number of benzene rings is 2. The molecule has 1 amide bonds. The zero-order valence-electron chi connectivity index (χ0n) is 15.2. The number of primary amides is 1. The Morgan fingerprint density at radius 1 is 1.25 bits per heavy atom. The van der Waals surface area contributed by atoms with Gasteiger partial charge in [0.15, 0.2) is 18.1 Å². The highest BCUT2D eigenvalue weighted by Crippen LogP contribution is 2.36. The van der Waals surface area contributed by atoms with Crippen molar-refractivity contribution in [3.8, 4) is 11.5 Å². The summed E-state index contributed by atoms with van der Waals surface area (Å²) in [6.45, 7) is 1.52. The van der Waals surface area contributed by atoms with Crippen LogP contribution in [0.4, 0.5) is 11.4 Å². The first-order chi connectivity index (χ1) is 13.4. The standard InChI is InChI=1S/C18H21ClN4O5/c1-27-16-9-12(8-15(19)18(16)28-11-17(20)24)10-21-6-7-22-13-2-4-14(5-3-13)23(25)26/h2-5,8-9,21-22H,6-7,10-11H2,1H3,(H2,20,24). The molecule has 0 atom stereocenters. The number of methoxy groups -OCH3 is 1. The number of ether oxygens (including phenoxy) is 2. The van der Waals surface area contributed by atoms with Crippen molar-refractivity contribution in [3.63, 3.8) is 0 Å². The predicted molar refractivity (Wildman–Crippen MR) is 106 cm³/mol. The largest absolute Gasteiger partial charge is 0.493 e. The number of nitrogens with zero attached hydrogens (tertiary/aromatic N) is 1. The minimum Gasteiger partial charge on any atom is -0.493 e. The van der Waals surface area contributed by atoms with Crippen LogP contribution in [0.2, 0.25) is 5.02 Å². The maximum Gasteiger partial charge on any atom is 0.269 e. The summed E-state index contributed by atoms with van der Waals surface area (Å²) in [5, 5.41) is 17.4. The minimum absolute atomic E-state index is 0.0535. The van der Waals surface area contributed by atoms with Gasteiger partial charge in [-0.3, -0.25) is 14.9 Å². The first-order valence-electron chi connectivity index (χ1n) is 8.37. The number of hydrogen-bond acceptors (Lipinski definition) is 7. The van der Waals surface area contributed by atoms with Crippen molar-refractivity contribution >= 4 is 28.9 Å². The summed E-state index contributed by atoms with van der Waals surface area (Å²) in [6.07, 6.45) is 0. The summed E-state index contributed by atoms with van der Waals surface area (Å²) in [5.74, 6) is 0.0745. The fraction of sp³-hybridized carbons (Fsp3) is 0.278. The van der Waals surface area contributed by atoms with Gasteiger partial charge in [-0.25, -0.2) is 0 Å².